The Hall–Kier alpha value is -0.870. The molecule has 94 valence electrons. The largest absolute Gasteiger partial charge is 0.444 e. The van der Waals surface area contributed by atoms with E-state index < -0.39 is 0 Å². The lowest BCUT2D eigenvalue weighted by Crippen LogP contribution is -2.44. The summed E-state index contributed by atoms with van der Waals surface area (Å²) in [5.74, 6) is 1.75. The Morgan fingerprint density at radius 1 is 1.29 bits per heavy atom. The van der Waals surface area contributed by atoms with Gasteiger partial charge in [0.1, 0.15) is 5.76 Å². The Balaban J connectivity index is 1.74. The summed E-state index contributed by atoms with van der Waals surface area (Å²) in [7, 11) is 0. The lowest BCUT2D eigenvalue weighted by molar-refractivity contribution is 0.0265. The minimum absolute atomic E-state index is 0.100. The number of aliphatic hydroxyl groups excluding tert-OH is 1. The summed E-state index contributed by atoms with van der Waals surface area (Å²) in [5, 5.41) is 9.76. The molecule has 0 radical (unpaired) electrons. The standard InChI is InChI=1S/C13H20N2O2/c1-8-9(2)17-13(14-8)7-15-10-3-4-11(15)6-12(16)5-10/h10-12,16H,3-7H2,1-2H3. The van der Waals surface area contributed by atoms with E-state index in [2.05, 4.69) is 9.88 Å². The minimum Gasteiger partial charge on any atom is -0.444 e. The Morgan fingerprint density at radius 3 is 2.47 bits per heavy atom. The van der Waals surface area contributed by atoms with Gasteiger partial charge in [-0.3, -0.25) is 4.90 Å². The second-order valence-electron chi connectivity index (χ2n) is 5.43. The number of hydrogen-bond acceptors (Lipinski definition) is 4. The maximum atomic E-state index is 9.76. The highest BCUT2D eigenvalue weighted by Gasteiger charge is 2.40. The average molecular weight is 236 g/mol. The second-order valence-corrected chi connectivity index (χ2v) is 5.43. The fraction of sp³-hybridized carbons (Fsp3) is 0.769. The van der Waals surface area contributed by atoms with Gasteiger partial charge in [-0.25, -0.2) is 4.98 Å². The van der Waals surface area contributed by atoms with Crippen LogP contribution in [0.2, 0.25) is 0 Å². The monoisotopic (exact) mass is 236 g/mol. The van der Waals surface area contributed by atoms with Crippen LogP contribution in [0.15, 0.2) is 4.42 Å². The molecule has 3 heterocycles. The van der Waals surface area contributed by atoms with Crippen LogP contribution in [-0.4, -0.2) is 33.2 Å². The van der Waals surface area contributed by atoms with Crippen LogP contribution >= 0.6 is 0 Å². The van der Waals surface area contributed by atoms with Gasteiger partial charge in [0, 0.05) is 12.1 Å². The Kier molecular flexibility index (Phi) is 2.71. The van der Waals surface area contributed by atoms with Gasteiger partial charge in [-0.05, 0) is 39.5 Å². The summed E-state index contributed by atoms with van der Waals surface area (Å²) >= 11 is 0. The summed E-state index contributed by atoms with van der Waals surface area (Å²) < 4.78 is 5.65. The molecule has 0 aliphatic carbocycles. The highest BCUT2D eigenvalue weighted by atomic mass is 16.4. The maximum Gasteiger partial charge on any atom is 0.208 e. The fourth-order valence-corrected chi connectivity index (χ4v) is 3.27. The summed E-state index contributed by atoms with van der Waals surface area (Å²) in [6.45, 7) is 4.74. The molecule has 17 heavy (non-hydrogen) atoms. The molecule has 2 fully saturated rings. The molecule has 1 aromatic rings. The molecule has 0 aromatic carbocycles. The summed E-state index contributed by atoms with van der Waals surface area (Å²) in [6, 6.07) is 1.05. The van der Waals surface area contributed by atoms with Crippen molar-refractivity contribution in [3.05, 3.63) is 17.3 Å². The first-order valence-corrected chi connectivity index (χ1v) is 6.50. The van der Waals surface area contributed by atoms with Crippen LogP contribution in [0.1, 0.15) is 43.0 Å². The zero-order valence-electron chi connectivity index (χ0n) is 10.5. The Labute approximate surface area is 102 Å². The number of nitrogens with zero attached hydrogens (tertiary/aromatic N) is 2. The highest BCUT2D eigenvalue weighted by molar-refractivity contribution is 5.06. The summed E-state index contributed by atoms with van der Waals surface area (Å²) in [5.41, 5.74) is 0.990. The van der Waals surface area contributed by atoms with Crippen LogP contribution in [0, 0.1) is 13.8 Å². The quantitative estimate of drug-likeness (QED) is 0.850. The first-order chi connectivity index (χ1) is 8.13. The molecule has 0 saturated carbocycles. The number of fused-ring (bicyclic) bond motifs is 2. The summed E-state index contributed by atoms with van der Waals surface area (Å²) in [6.07, 6.45) is 4.14. The number of aryl methyl sites for hydroxylation is 2. The first-order valence-electron chi connectivity index (χ1n) is 6.50. The van der Waals surface area contributed by atoms with Crippen LogP contribution < -0.4 is 0 Å². The van der Waals surface area contributed by atoms with E-state index in [0.717, 1.165) is 36.7 Å². The van der Waals surface area contributed by atoms with Gasteiger partial charge in [0.25, 0.3) is 0 Å². The van der Waals surface area contributed by atoms with Crippen molar-refractivity contribution in [1.82, 2.24) is 9.88 Å². The molecule has 2 saturated heterocycles. The Bertz CT molecular complexity index is 382. The van der Waals surface area contributed by atoms with E-state index in [-0.39, 0.29) is 6.10 Å². The lowest BCUT2D eigenvalue weighted by atomic mass is 10.00. The zero-order valence-corrected chi connectivity index (χ0v) is 10.5. The van der Waals surface area contributed by atoms with E-state index in [4.69, 9.17) is 4.42 Å². The van der Waals surface area contributed by atoms with Gasteiger partial charge in [0.15, 0.2) is 0 Å². The zero-order chi connectivity index (χ0) is 12.0. The lowest BCUT2D eigenvalue weighted by Gasteiger charge is -2.36. The molecular formula is C13H20N2O2. The van der Waals surface area contributed by atoms with Crippen molar-refractivity contribution in [2.75, 3.05) is 0 Å². The van der Waals surface area contributed by atoms with Crippen molar-refractivity contribution in [2.24, 2.45) is 0 Å². The van der Waals surface area contributed by atoms with E-state index >= 15 is 0 Å². The van der Waals surface area contributed by atoms with E-state index in [0.29, 0.717) is 12.1 Å². The minimum atomic E-state index is -0.100. The highest BCUT2D eigenvalue weighted by Crippen LogP contribution is 2.36. The van der Waals surface area contributed by atoms with Gasteiger partial charge in [-0.2, -0.15) is 0 Å². The molecular weight excluding hydrogens is 216 g/mol. The van der Waals surface area contributed by atoms with Gasteiger partial charge in [-0.15, -0.1) is 0 Å². The molecule has 2 atom stereocenters. The number of piperidine rings is 1. The van der Waals surface area contributed by atoms with E-state index in [1.54, 1.807) is 0 Å². The smallest absolute Gasteiger partial charge is 0.208 e. The fourth-order valence-electron chi connectivity index (χ4n) is 3.27. The number of aliphatic hydroxyl groups is 1. The topological polar surface area (TPSA) is 49.5 Å². The van der Waals surface area contributed by atoms with Gasteiger partial charge in [0.2, 0.25) is 5.89 Å². The molecule has 2 unspecified atom stereocenters. The van der Waals surface area contributed by atoms with Crippen molar-refractivity contribution in [3.63, 3.8) is 0 Å². The SMILES string of the molecule is Cc1nc(CN2C3CCC2CC(O)C3)oc1C. The third kappa shape index (κ3) is 2.00. The van der Waals surface area contributed by atoms with Gasteiger partial charge < -0.3 is 9.52 Å². The number of rotatable bonds is 2. The third-order valence-electron chi connectivity index (χ3n) is 4.25. The number of aromatic nitrogens is 1. The maximum absolute atomic E-state index is 9.76. The van der Waals surface area contributed by atoms with Crippen LogP contribution in [0.5, 0.6) is 0 Å². The molecule has 1 N–H and O–H groups in total. The summed E-state index contributed by atoms with van der Waals surface area (Å²) in [4.78, 5) is 6.92. The van der Waals surface area contributed by atoms with Crippen LogP contribution in [-0.2, 0) is 6.54 Å². The number of oxazole rings is 1. The molecule has 0 spiro atoms. The van der Waals surface area contributed by atoms with Crippen molar-refractivity contribution in [2.45, 2.75) is 64.3 Å². The molecule has 4 heteroatoms. The van der Waals surface area contributed by atoms with Gasteiger partial charge in [-0.1, -0.05) is 0 Å². The molecule has 2 aliphatic heterocycles. The van der Waals surface area contributed by atoms with E-state index in [9.17, 15) is 5.11 Å². The van der Waals surface area contributed by atoms with Gasteiger partial charge >= 0.3 is 0 Å². The van der Waals surface area contributed by atoms with Crippen LogP contribution in [0.4, 0.5) is 0 Å². The molecule has 0 amide bonds. The predicted molar refractivity (Wildman–Crippen MR) is 63.6 cm³/mol. The predicted octanol–water partition coefficient (Wildman–Crippen LogP) is 1.78. The molecule has 1 aromatic heterocycles. The molecule has 3 rings (SSSR count). The second kappa shape index (κ2) is 4.10. The van der Waals surface area contributed by atoms with Crippen LogP contribution in [0.25, 0.3) is 0 Å². The molecule has 4 nitrogen and oxygen atoms in total. The van der Waals surface area contributed by atoms with Crippen molar-refractivity contribution >= 4 is 0 Å². The van der Waals surface area contributed by atoms with Crippen molar-refractivity contribution < 1.29 is 9.52 Å². The average Bonchev–Trinajstić information content (AvgIpc) is 2.70. The third-order valence-corrected chi connectivity index (χ3v) is 4.25. The Morgan fingerprint density at radius 2 is 1.94 bits per heavy atom. The molecule has 2 aliphatic rings. The van der Waals surface area contributed by atoms with Gasteiger partial charge in [0.05, 0.1) is 18.3 Å². The van der Waals surface area contributed by atoms with Crippen molar-refractivity contribution in [3.8, 4) is 0 Å². The van der Waals surface area contributed by atoms with E-state index in [1.165, 1.54) is 12.8 Å². The van der Waals surface area contributed by atoms with Crippen LogP contribution in [0.3, 0.4) is 0 Å². The molecule has 2 bridgehead atoms. The normalized spacial score (nSPS) is 33.2. The number of hydrogen-bond donors (Lipinski definition) is 1. The van der Waals surface area contributed by atoms with E-state index in [1.807, 2.05) is 13.8 Å². The first kappa shape index (κ1) is 11.2. The van der Waals surface area contributed by atoms with Crippen molar-refractivity contribution in [1.29, 1.82) is 0 Å².